The van der Waals surface area contributed by atoms with Gasteiger partial charge < -0.3 is 24.4 Å². The van der Waals surface area contributed by atoms with E-state index in [1.54, 1.807) is 0 Å². The summed E-state index contributed by atoms with van der Waals surface area (Å²) in [7, 11) is 0. The predicted molar refractivity (Wildman–Crippen MR) is 207 cm³/mol. The molecule has 1 saturated heterocycles. The molecule has 0 spiro atoms. The fourth-order valence-electron chi connectivity index (χ4n) is 13.1. The van der Waals surface area contributed by atoms with E-state index < -0.39 is 46.6 Å². The number of nitrogens with zero attached hydrogens (tertiary/aromatic N) is 1. The maximum Gasteiger partial charge on any atom is 0.330 e. The SMILES string of the molecule is CC1(C)CC[C@]2(C(=O)OC[C@H]3O[C@@H](n4ccc(=O)[nH]c4=O)[C@H](O)[C@@H]3O)CC[C@]3(C)C(=CC[C@@H]4[C@@]5(C)CC[C@H](OC(=O)C(C)(C)C)C(C)(C)C5CC[C@]43C)[C@@H]2C1. The Hall–Kier alpha value is -2.76. The number of nitrogens with one attached hydrogen (secondary N) is 1. The van der Waals surface area contributed by atoms with E-state index in [4.69, 9.17) is 14.2 Å². The van der Waals surface area contributed by atoms with Crippen LogP contribution in [0.5, 0.6) is 0 Å². The molecule has 1 aliphatic heterocycles. The van der Waals surface area contributed by atoms with Gasteiger partial charge in [-0.3, -0.25) is 23.9 Å². The fourth-order valence-corrected chi connectivity index (χ4v) is 13.1. The van der Waals surface area contributed by atoms with Gasteiger partial charge in [-0.05, 0) is 124 Å². The first-order valence-corrected chi connectivity index (χ1v) is 20.8. The largest absolute Gasteiger partial charge is 0.462 e. The van der Waals surface area contributed by atoms with E-state index in [9.17, 15) is 29.4 Å². The van der Waals surface area contributed by atoms with Crippen molar-refractivity contribution in [3.63, 3.8) is 0 Å². The average Bonchev–Trinajstić information content (AvgIpc) is 3.36. The van der Waals surface area contributed by atoms with Crippen LogP contribution >= 0.6 is 0 Å². The van der Waals surface area contributed by atoms with Gasteiger partial charge in [0.05, 0.1) is 10.8 Å². The Morgan fingerprint density at radius 1 is 0.927 bits per heavy atom. The summed E-state index contributed by atoms with van der Waals surface area (Å²) in [5, 5.41) is 21.7. The first-order chi connectivity index (χ1) is 25.4. The van der Waals surface area contributed by atoms with Crippen molar-refractivity contribution in [2.45, 2.75) is 164 Å². The molecule has 4 saturated carbocycles. The molecule has 0 bridgehead atoms. The molecule has 1 aromatic heterocycles. The van der Waals surface area contributed by atoms with Gasteiger partial charge in [-0.15, -0.1) is 0 Å². The van der Waals surface area contributed by atoms with Crippen molar-refractivity contribution in [3.05, 3.63) is 44.8 Å². The number of fused-ring (bicyclic) bond motifs is 7. The lowest BCUT2D eigenvalue weighted by molar-refractivity contribution is -0.217. The molecule has 2 heterocycles. The van der Waals surface area contributed by atoms with Crippen LogP contribution in [0.1, 0.15) is 140 Å². The van der Waals surface area contributed by atoms with Gasteiger partial charge in [-0.2, -0.15) is 0 Å². The molecule has 5 fully saturated rings. The summed E-state index contributed by atoms with van der Waals surface area (Å²) in [6.07, 6.45) is 7.61. The monoisotopic (exact) mass is 766 g/mol. The van der Waals surface area contributed by atoms with Crippen LogP contribution < -0.4 is 11.2 Å². The van der Waals surface area contributed by atoms with Gasteiger partial charge in [0.1, 0.15) is 31.0 Å². The molecule has 12 atom stereocenters. The minimum absolute atomic E-state index is 0.0160. The molecule has 0 radical (unpaired) electrons. The second kappa shape index (κ2) is 13.1. The molecule has 6 aliphatic rings. The Morgan fingerprint density at radius 3 is 2.29 bits per heavy atom. The highest BCUT2D eigenvalue weighted by atomic mass is 16.6. The maximum absolute atomic E-state index is 14.6. The third-order valence-corrected chi connectivity index (χ3v) is 16.7. The summed E-state index contributed by atoms with van der Waals surface area (Å²) in [6.45, 7) is 22.3. The van der Waals surface area contributed by atoms with Gasteiger partial charge in [-0.1, -0.05) is 60.1 Å². The smallest absolute Gasteiger partial charge is 0.330 e. The van der Waals surface area contributed by atoms with Crippen LogP contribution in [-0.2, 0) is 23.8 Å². The van der Waals surface area contributed by atoms with Crippen molar-refractivity contribution < 1.29 is 34.0 Å². The molecule has 1 aromatic rings. The standard InChI is InChI=1S/C44H66N2O9/c1-38(2,3)35(50)55-30-14-16-41(8)28(40(30,6)7)13-17-43(10)29(41)12-11-25-26-23-39(4,5)18-20-44(26,21-19-42(25,43)9)36(51)53-24-27-32(48)33(49)34(54-27)46-22-15-31(47)45-37(46)52/h11,15,22,26-30,32-34,48-49H,12-14,16-21,23-24H2,1-10H3,(H,45,47,52)/t26-,27+,28?,29+,30-,32+,33+,34+,41-,42+,43+,44-/m0/s1. The highest BCUT2D eigenvalue weighted by Gasteiger charge is 2.70. The summed E-state index contributed by atoms with van der Waals surface area (Å²) in [5.41, 5.74) is -1.28. The van der Waals surface area contributed by atoms with Crippen molar-refractivity contribution in [3.8, 4) is 0 Å². The zero-order valence-electron chi connectivity index (χ0n) is 34.8. The third kappa shape index (κ3) is 6.14. The molecule has 1 unspecified atom stereocenters. The van der Waals surface area contributed by atoms with Crippen LogP contribution in [0.4, 0.5) is 0 Å². The van der Waals surface area contributed by atoms with Gasteiger partial charge in [0.2, 0.25) is 0 Å². The molecular formula is C44H66N2O9. The number of aromatic nitrogens is 2. The van der Waals surface area contributed by atoms with Gasteiger partial charge in [0, 0.05) is 17.7 Å². The number of carbonyl (C=O) groups excluding carboxylic acids is 2. The highest BCUT2D eigenvalue weighted by molar-refractivity contribution is 5.79. The number of ether oxygens (including phenoxy) is 3. The van der Waals surface area contributed by atoms with Gasteiger partial charge in [0.15, 0.2) is 6.23 Å². The van der Waals surface area contributed by atoms with E-state index in [2.05, 4.69) is 59.5 Å². The Balaban J connectivity index is 1.14. The summed E-state index contributed by atoms with van der Waals surface area (Å²) in [4.78, 5) is 53.9. The Morgan fingerprint density at radius 2 is 1.62 bits per heavy atom. The Labute approximate surface area is 326 Å². The van der Waals surface area contributed by atoms with E-state index in [0.29, 0.717) is 24.7 Å². The number of carbonyl (C=O) groups is 2. The van der Waals surface area contributed by atoms with Crippen molar-refractivity contribution in [2.75, 3.05) is 6.61 Å². The molecule has 5 aliphatic carbocycles. The molecule has 3 N–H and O–H groups in total. The molecule has 11 heteroatoms. The number of aliphatic hydroxyl groups excluding tert-OH is 2. The number of hydrogen-bond donors (Lipinski definition) is 3. The van der Waals surface area contributed by atoms with E-state index in [1.165, 1.54) is 11.8 Å². The number of rotatable bonds is 5. The summed E-state index contributed by atoms with van der Waals surface area (Å²) < 4.78 is 19.3. The minimum Gasteiger partial charge on any atom is -0.462 e. The molecule has 11 nitrogen and oxygen atoms in total. The number of allylic oxidation sites excluding steroid dienone is 2. The van der Waals surface area contributed by atoms with E-state index in [-0.39, 0.29) is 57.6 Å². The van der Waals surface area contributed by atoms with Crippen LogP contribution in [0.3, 0.4) is 0 Å². The van der Waals surface area contributed by atoms with Crippen LogP contribution in [-0.4, -0.2) is 62.7 Å². The number of aromatic amines is 1. The maximum atomic E-state index is 14.6. The van der Waals surface area contributed by atoms with E-state index >= 15 is 0 Å². The second-order valence-corrected chi connectivity index (χ2v) is 21.5. The normalized spacial score (nSPS) is 43.2. The highest BCUT2D eigenvalue weighted by Crippen LogP contribution is 2.76. The average molecular weight is 767 g/mol. The van der Waals surface area contributed by atoms with Crippen LogP contribution in [0.15, 0.2) is 33.5 Å². The summed E-state index contributed by atoms with van der Waals surface area (Å²) >= 11 is 0. The summed E-state index contributed by atoms with van der Waals surface area (Å²) in [5.74, 6) is 0.491. The zero-order valence-corrected chi connectivity index (χ0v) is 34.8. The lowest BCUT2D eigenvalue weighted by Gasteiger charge is -2.71. The predicted octanol–water partition coefficient (Wildman–Crippen LogP) is 6.46. The zero-order chi connectivity index (χ0) is 40.3. The number of H-pyrrole nitrogens is 1. The van der Waals surface area contributed by atoms with Crippen molar-refractivity contribution >= 4 is 11.9 Å². The van der Waals surface area contributed by atoms with Crippen molar-refractivity contribution in [1.82, 2.24) is 9.55 Å². The number of esters is 2. The Kier molecular flexibility index (Phi) is 9.65. The number of aliphatic hydroxyl groups is 2. The quantitative estimate of drug-likeness (QED) is 0.226. The molecule has 55 heavy (non-hydrogen) atoms. The van der Waals surface area contributed by atoms with Gasteiger partial charge in [-0.25, -0.2) is 4.79 Å². The molecule has 306 valence electrons. The van der Waals surface area contributed by atoms with E-state index in [0.717, 1.165) is 62.0 Å². The minimum atomic E-state index is -1.46. The van der Waals surface area contributed by atoms with Gasteiger partial charge >= 0.3 is 17.6 Å². The molecular weight excluding hydrogens is 700 g/mol. The Bertz CT molecular complexity index is 1850. The van der Waals surface area contributed by atoms with Gasteiger partial charge in [0.25, 0.3) is 5.56 Å². The van der Waals surface area contributed by atoms with E-state index in [1.807, 2.05) is 20.8 Å². The first kappa shape index (κ1) is 40.4. The van der Waals surface area contributed by atoms with Crippen LogP contribution in [0.25, 0.3) is 0 Å². The molecule has 7 rings (SSSR count). The topological polar surface area (TPSA) is 157 Å². The molecule has 0 amide bonds. The van der Waals surface area contributed by atoms with Crippen molar-refractivity contribution in [1.29, 1.82) is 0 Å². The lowest BCUT2D eigenvalue weighted by Crippen LogP contribution is -2.65. The second-order valence-electron chi connectivity index (χ2n) is 21.5. The first-order valence-electron chi connectivity index (χ1n) is 20.8. The van der Waals surface area contributed by atoms with Crippen LogP contribution in [0, 0.1) is 55.7 Å². The third-order valence-electron chi connectivity index (χ3n) is 16.7. The summed E-state index contributed by atoms with van der Waals surface area (Å²) in [6, 6.07) is 1.14. The number of hydrogen-bond acceptors (Lipinski definition) is 9. The van der Waals surface area contributed by atoms with Crippen LogP contribution in [0.2, 0.25) is 0 Å². The lowest BCUT2D eigenvalue weighted by atomic mass is 9.33. The molecule has 0 aromatic carbocycles. The fraction of sp³-hybridized carbons (Fsp3) is 0.818. The van der Waals surface area contributed by atoms with Crippen molar-refractivity contribution in [2.24, 2.45) is 55.7 Å².